The van der Waals surface area contributed by atoms with Gasteiger partial charge in [0, 0.05) is 17.2 Å². The Labute approximate surface area is 190 Å². The molecular formula is C23H18N6O5. The van der Waals surface area contributed by atoms with Crippen molar-refractivity contribution in [2.45, 2.75) is 0 Å². The van der Waals surface area contributed by atoms with Gasteiger partial charge in [0.05, 0.1) is 30.7 Å². The van der Waals surface area contributed by atoms with Crippen LogP contribution in [0.3, 0.4) is 0 Å². The third-order valence-electron chi connectivity index (χ3n) is 5.45. The number of aromatic amines is 2. The number of rotatable bonds is 4. The Morgan fingerprint density at radius 3 is 2.38 bits per heavy atom. The topological polar surface area (TPSA) is 158 Å². The number of nitrogens with one attached hydrogen (secondary N) is 2. The summed E-state index contributed by atoms with van der Waals surface area (Å²) in [4.78, 5) is 51.0. The number of para-hydroxylation sites is 1. The number of aromatic nitrogens is 5. The molecule has 0 amide bonds. The van der Waals surface area contributed by atoms with Gasteiger partial charge >= 0.3 is 11.4 Å². The molecular weight excluding hydrogens is 440 g/mol. The summed E-state index contributed by atoms with van der Waals surface area (Å²) in [6, 6.07) is 13.7. The summed E-state index contributed by atoms with van der Waals surface area (Å²) in [5.74, 6) is 0.919. The lowest BCUT2D eigenvalue weighted by molar-refractivity contribution is 0.395. The summed E-state index contributed by atoms with van der Waals surface area (Å²) in [5.41, 5.74) is 5.62. The average molecular weight is 458 g/mol. The van der Waals surface area contributed by atoms with Gasteiger partial charge in [-0.05, 0) is 24.3 Å². The molecule has 34 heavy (non-hydrogen) atoms. The largest absolute Gasteiger partial charge is 0.497 e. The fourth-order valence-corrected chi connectivity index (χ4v) is 3.97. The third kappa shape index (κ3) is 3.18. The highest BCUT2D eigenvalue weighted by Gasteiger charge is 2.23. The number of anilines is 1. The highest BCUT2D eigenvalue weighted by atomic mass is 16.5. The molecule has 170 valence electrons. The minimum Gasteiger partial charge on any atom is -0.497 e. The molecule has 0 unspecified atom stereocenters. The van der Waals surface area contributed by atoms with Gasteiger partial charge in [0.15, 0.2) is 5.65 Å². The van der Waals surface area contributed by atoms with Crippen molar-refractivity contribution in [1.82, 2.24) is 24.5 Å². The fraction of sp³-hybridized carbons (Fsp3) is 0.0870. The maximum Gasteiger partial charge on any atom is 0.355 e. The molecule has 11 nitrogen and oxygen atoms in total. The highest BCUT2D eigenvalue weighted by molar-refractivity contribution is 6.12. The Kier molecular flexibility index (Phi) is 4.86. The molecule has 0 spiro atoms. The summed E-state index contributed by atoms with van der Waals surface area (Å²) >= 11 is 0. The normalized spacial score (nSPS) is 11.1. The number of nitrogens with two attached hydrogens (primary N) is 1. The van der Waals surface area contributed by atoms with Crippen LogP contribution in [-0.4, -0.2) is 38.7 Å². The third-order valence-corrected chi connectivity index (χ3v) is 5.45. The van der Waals surface area contributed by atoms with Gasteiger partial charge in [-0.1, -0.05) is 18.2 Å². The van der Waals surface area contributed by atoms with Crippen LogP contribution in [0.1, 0.15) is 0 Å². The quantitative estimate of drug-likeness (QED) is 0.343. The first-order valence-corrected chi connectivity index (χ1v) is 10.1. The maximum absolute atomic E-state index is 13.0. The van der Waals surface area contributed by atoms with E-state index >= 15 is 0 Å². The van der Waals surface area contributed by atoms with Crippen LogP contribution in [0.2, 0.25) is 0 Å². The number of methoxy groups -OCH3 is 2. The van der Waals surface area contributed by atoms with Crippen LogP contribution < -0.4 is 32.1 Å². The number of nitrogens with zero attached hydrogens (tertiary/aromatic N) is 3. The first-order valence-electron chi connectivity index (χ1n) is 10.1. The van der Waals surface area contributed by atoms with Crippen LogP contribution in [0.5, 0.6) is 11.5 Å². The second-order valence-corrected chi connectivity index (χ2v) is 7.33. The van der Waals surface area contributed by atoms with Gasteiger partial charge in [0.2, 0.25) is 0 Å². The Morgan fingerprint density at radius 2 is 1.68 bits per heavy atom. The Bertz CT molecular complexity index is 1750. The van der Waals surface area contributed by atoms with Gasteiger partial charge in [-0.2, -0.15) is 4.98 Å². The number of hydrogen-bond donors (Lipinski definition) is 3. The van der Waals surface area contributed by atoms with Crippen LogP contribution >= 0.6 is 0 Å². The lowest BCUT2D eigenvalue weighted by Gasteiger charge is -2.17. The molecule has 2 aromatic carbocycles. The zero-order chi connectivity index (χ0) is 24.0. The van der Waals surface area contributed by atoms with Crippen molar-refractivity contribution in [3.05, 3.63) is 79.9 Å². The van der Waals surface area contributed by atoms with Gasteiger partial charge in [-0.3, -0.25) is 14.8 Å². The van der Waals surface area contributed by atoms with Crippen LogP contribution in [0.25, 0.3) is 38.9 Å². The predicted molar refractivity (Wildman–Crippen MR) is 127 cm³/mol. The van der Waals surface area contributed by atoms with E-state index in [9.17, 15) is 14.4 Å². The molecule has 0 bridgehead atoms. The molecule has 0 atom stereocenters. The van der Waals surface area contributed by atoms with E-state index in [-0.39, 0.29) is 27.9 Å². The van der Waals surface area contributed by atoms with E-state index in [0.29, 0.717) is 28.3 Å². The molecule has 0 aliphatic carbocycles. The number of pyridine rings is 1. The van der Waals surface area contributed by atoms with E-state index < -0.39 is 16.9 Å². The number of hydrogen-bond acceptors (Lipinski definition) is 8. The van der Waals surface area contributed by atoms with Crippen LogP contribution in [0.15, 0.2) is 62.9 Å². The molecule has 11 heteroatoms. The molecule has 3 heterocycles. The zero-order valence-corrected chi connectivity index (χ0v) is 18.1. The van der Waals surface area contributed by atoms with Crippen molar-refractivity contribution in [3.8, 4) is 28.3 Å². The molecule has 0 saturated carbocycles. The van der Waals surface area contributed by atoms with Crippen molar-refractivity contribution >= 4 is 27.9 Å². The standard InChI is InChI=1S/C23H18N6O5/c1-33-12-8-9-13(14(10-12)34-2)15-16-18(24)29(11-6-4-3-5-7-11)23(32)27-19(16)25-20-17(15)21(30)28-22(31)26-20/h3-10H,24H2,1-2H3,(H2,25,26,27,28,30,31,32). The van der Waals surface area contributed by atoms with Crippen molar-refractivity contribution in [2.24, 2.45) is 0 Å². The van der Waals surface area contributed by atoms with Gasteiger partial charge in [0.1, 0.15) is 23.0 Å². The number of fused-ring (bicyclic) bond motifs is 2. The summed E-state index contributed by atoms with van der Waals surface area (Å²) < 4.78 is 12.1. The van der Waals surface area contributed by atoms with E-state index in [4.69, 9.17) is 15.2 Å². The molecule has 0 aliphatic rings. The predicted octanol–water partition coefficient (Wildman–Crippen LogP) is 1.58. The molecule has 4 N–H and O–H groups in total. The number of H-pyrrole nitrogens is 2. The van der Waals surface area contributed by atoms with Gasteiger partial charge < -0.3 is 15.2 Å². The first-order chi connectivity index (χ1) is 16.4. The summed E-state index contributed by atoms with van der Waals surface area (Å²) in [6.45, 7) is 0. The molecule has 0 saturated heterocycles. The second-order valence-electron chi connectivity index (χ2n) is 7.33. The van der Waals surface area contributed by atoms with Crippen molar-refractivity contribution < 1.29 is 9.47 Å². The fourth-order valence-electron chi connectivity index (χ4n) is 3.97. The number of ether oxygens (including phenoxy) is 2. The summed E-state index contributed by atoms with van der Waals surface area (Å²) in [6.07, 6.45) is 0. The minimum atomic E-state index is -0.748. The van der Waals surface area contributed by atoms with Gasteiger partial charge in [-0.25, -0.2) is 19.1 Å². The Morgan fingerprint density at radius 1 is 0.912 bits per heavy atom. The van der Waals surface area contributed by atoms with Gasteiger partial charge in [0.25, 0.3) is 5.56 Å². The Hall–Kier alpha value is -4.93. The van der Waals surface area contributed by atoms with E-state index in [1.807, 2.05) is 0 Å². The lowest BCUT2D eigenvalue weighted by atomic mass is 9.98. The maximum atomic E-state index is 13.0. The van der Waals surface area contributed by atoms with Crippen LogP contribution in [-0.2, 0) is 0 Å². The molecule has 0 fully saturated rings. The van der Waals surface area contributed by atoms with Crippen LogP contribution in [0, 0.1) is 0 Å². The monoisotopic (exact) mass is 458 g/mol. The smallest absolute Gasteiger partial charge is 0.355 e. The van der Waals surface area contributed by atoms with E-state index in [1.54, 1.807) is 48.5 Å². The number of benzene rings is 2. The van der Waals surface area contributed by atoms with Crippen molar-refractivity contribution in [3.63, 3.8) is 0 Å². The van der Waals surface area contributed by atoms with E-state index in [0.717, 1.165) is 0 Å². The van der Waals surface area contributed by atoms with Crippen LogP contribution in [0.4, 0.5) is 5.82 Å². The minimum absolute atomic E-state index is 0.0223. The lowest BCUT2D eigenvalue weighted by Crippen LogP contribution is -2.26. The number of nitrogen functional groups attached to an aromatic ring is 1. The van der Waals surface area contributed by atoms with Crippen molar-refractivity contribution in [1.29, 1.82) is 0 Å². The summed E-state index contributed by atoms with van der Waals surface area (Å²) in [5, 5.41) is 0.305. The first kappa shape index (κ1) is 20.9. The zero-order valence-electron chi connectivity index (χ0n) is 18.1. The van der Waals surface area contributed by atoms with E-state index in [1.165, 1.54) is 18.8 Å². The SMILES string of the molecule is COc1ccc(-c2c3c(N)n(-c4ccccc4)c(=O)nc3nc3[nH]c(=O)[nH]c(=O)c23)c(OC)c1. The summed E-state index contributed by atoms with van der Waals surface area (Å²) in [7, 11) is 2.99. The molecule has 0 radical (unpaired) electrons. The Balaban J connectivity index is 2.04. The van der Waals surface area contributed by atoms with Gasteiger partial charge in [-0.15, -0.1) is 0 Å². The van der Waals surface area contributed by atoms with Crippen molar-refractivity contribution in [2.75, 3.05) is 20.0 Å². The second kappa shape index (κ2) is 7.89. The molecule has 3 aromatic heterocycles. The molecule has 5 rings (SSSR count). The molecule has 0 aliphatic heterocycles. The highest BCUT2D eigenvalue weighted by Crippen LogP contribution is 2.40. The molecule has 5 aromatic rings. The van der Waals surface area contributed by atoms with E-state index in [2.05, 4.69) is 19.9 Å². The average Bonchev–Trinajstić information content (AvgIpc) is 2.82.